The van der Waals surface area contributed by atoms with Gasteiger partial charge in [0, 0.05) is 5.25 Å². The van der Waals surface area contributed by atoms with Crippen LogP contribution in [-0.4, -0.2) is 28.1 Å². The fourth-order valence-corrected chi connectivity index (χ4v) is 4.09. The summed E-state index contributed by atoms with van der Waals surface area (Å²) in [6.07, 6.45) is 4.92. The third-order valence-corrected chi connectivity index (χ3v) is 4.72. The summed E-state index contributed by atoms with van der Waals surface area (Å²) in [6.45, 7) is 0. The van der Waals surface area contributed by atoms with Gasteiger partial charge in [0.25, 0.3) is 0 Å². The van der Waals surface area contributed by atoms with Crippen LogP contribution < -0.4 is 5.73 Å². The van der Waals surface area contributed by atoms with E-state index in [-0.39, 0.29) is 5.92 Å². The second kappa shape index (κ2) is 2.89. The van der Waals surface area contributed by atoms with Gasteiger partial charge in [-0.2, -0.15) is 11.8 Å². The van der Waals surface area contributed by atoms with E-state index >= 15 is 0 Å². The molecular weight excluding hydrogens is 186 g/mol. The van der Waals surface area contributed by atoms with Gasteiger partial charge in [0.1, 0.15) is 5.54 Å². The third kappa shape index (κ3) is 1.19. The van der Waals surface area contributed by atoms with E-state index in [4.69, 9.17) is 10.8 Å². The molecule has 0 aliphatic heterocycles. The Labute approximate surface area is 82.1 Å². The minimum atomic E-state index is -0.920. The van der Waals surface area contributed by atoms with Crippen LogP contribution in [0, 0.1) is 11.8 Å². The maximum absolute atomic E-state index is 11.0. The van der Waals surface area contributed by atoms with Crippen molar-refractivity contribution < 1.29 is 9.90 Å². The Balaban J connectivity index is 2.22. The number of nitrogens with two attached hydrogens (primary N) is 1. The summed E-state index contributed by atoms with van der Waals surface area (Å²) in [5.74, 6) is -0.0488. The monoisotopic (exact) mass is 201 g/mol. The molecule has 0 unspecified atom stereocenters. The summed E-state index contributed by atoms with van der Waals surface area (Å²) in [4.78, 5) is 11.0. The van der Waals surface area contributed by atoms with Crippen molar-refractivity contribution in [1.82, 2.24) is 0 Å². The normalized spacial score (nSPS) is 48.3. The molecule has 4 atom stereocenters. The zero-order chi connectivity index (χ0) is 9.64. The average Bonchev–Trinajstić information content (AvgIpc) is 2.60. The molecule has 2 aliphatic rings. The van der Waals surface area contributed by atoms with E-state index in [9.17, 15) is 4.79 Å². The van der Waals surface area contributed by atoms with Crippen LogP contribution in [0.4, 0.5) is 0 Å². The summed E-state index contributed by atoms with van der Waals surface area (Å²) in [5, 5.41) is 9.55. The van der Waals surface area contributed by atoms with E-state index < -0.39 is 11.5 Å². The van der Waals surface area contributed by atoms with Crippen LogP contribution >= 0.6 is 11.8 Å². The van der Waals surface area contributed by atoms with Crippen molar-refractivity contribution in [2.45, 2.75) is 30.1 Å². The lowest BCUT2D eigenvalue weighted by molar-refractivity contribution is -0.145. The van der Waals surface area contributed by atoms with Crippen LogP contribution in [0.25, 0.3) is 0 Å². The summed E-state index contributed by atoms with van der Waals surface area (Å²) in [6, 6.07) is 0. The molecule has 3 N–H and O–H groups in total. The molecule has 0 radical (unpaired) electrons. The molecule has 2 saturated carbocycles. The number of carbonyl (C=O) groups is 1. The van der Waals surface area contributed by atoms with Gasteiger partial charge in [0.15, 0.2) is 0 Å². The van der Waals surface area contributed by atoms with Crippen LogP contribution in [0.1, 0.15) is 19.3 Å². The lowest BCUT2D eigenvalue weighted by Gasteiger charge is -2.34. The Bertz CT molecular complexity index is 246. The summed E-state index contributed by atoms with van der Waals surface area (Å²) < 4.78 is 0. The topological polar surface area (TPSA) is 63.3 Å². The van der Waals surface area contributed by atoms with Crippen LogP contribution in [0.2, 0.25) is 0 Å². The van der Waals surface area contributed by atoms with Crippen molar-refractivity contribution in [2.24, 2.45) is 17.6 Å². The number of carboxylic acids is 1. The molecule has 2 fully saturated rings. The first kappa shape index (κ1) is 9.34. The maximum atomic E-state index is 11.0. The second-order valence-corrected chi connectivity index (χ2v) is 5.34. The van der Waals surface area contributed by atoms with Gasteiger partial charge in [0.2, 0.25) is 0 Å². The van der Waals surface area contributed by atoms with Gasteiger partial charge in [-0.3, -0.25) is 4.79 Å². The molecule has 74 valence electrons. The number of fused-ring (bicyclic) bond motifs is 2. The number of hydrogen-bond acceptors (Lipinski definition) is 3. The molecule has 0 heterocycles. The lowest BCUT2D eigenvalue weighted by Crippen LogP contribution is -2.55. The quantitative estimate of drug-likeness (QED) is 0.697. The molecule has 13 heavy (non-hydrogen) atoms. The van der Waals surface area contributed by atoms with Crippen molar-refractivity contribution >= 4 is 17.7 Å². The summed E-state index contributed by atoms with van der Waals surface area (Å²) in [5.41, 5.74) is 5.02. The fourth-order valence-electron chi connectivity index (χ4n) is 2.94. The highest BCUT2D eigenvalue weighted by molar-refractivity contribution is 7.99. The highest BCUT2D eigenvalue weighted by atomic mass is 32.2. The molecule has 0 aromatic rings. The molecule has 0 aromatic carbocycles. The minimum Gasteiger partial charge on any atom is -0.480 e. The first-order valence-electron chi connectivity index (χ1n) is 4.63. The Kier molecular flexibility index (Phi) is 2.07. The standard InChI is InChI=1S/C9H15NO2S/c1-13-7-3-5-2-6(7)9(10,4-5)8(11)12/h5-7H,2-4,10H2,1H3,(H,11,12)/t5-,6+,7+,9+/m0/s1. The predicted molar refractivity (Wildman–Crippen MR) is 52.7 cm³/mol. The molecule has 0 aromatic heterocycles. The van der Waals surface area contributed by atoms with Gasteiger partial charge in [0.05, 0.1) is 0 Å². The molecule has 2 aliphatic carbocycles. The van der Waals surface area contributed by atoms with Crippen molar-refractivity contribution in [1.29, 1.82) is 0 Å². The Morgan fingerprint density at radius 1 is 1.62 bits per heavy atom. The van der Waals surface area contributed by atoms with E-state index in [1.165, 1.54) is 0 Å². The van der Waals surface area contributed by atoms with Gasteiger partial charge in [-0.05, 0) is 37.4 Å². The van der Waals surface area contributed by atoms with Gasteiger partial charge in [-0.15, -0.1) is 0 Å². The molecular formula is C9H15NO2S. The first-order chi connectivity index (χ1) is 6.08. The second-order valence-electron chi connectivity index (χ2n) is 4.27. The summed E-state index contributed by atoms with van der Waals surface area (Å²) >= 11 is 1.77. The first-order valence-corrected chi connectivity index (χ1v) is 5.92. The lowest BCUT2D eigenvalue weighted by atomic mass is 9.81. The summed E-state index contributed by atoms with van der Waals surface area (Å²) in [7, 11) is 0. The van der Waals surface area contributed by atoms with Crippen LogP contribution in [-0.2, 0) is 4.79 Å². The van der Waals surface area contributed by atoms with E-state index in [0.29, 0.717) is 17.6 Å². The Hall–Kier alpha value is -0.220. The van der Waals surface area contributed by atoms with Crippen molar-refractivity contribution in [3.05, 3.63) is 0 Å². The van der Waals surface area contributed by atoms with E-state index in [0.717, 1.165) is 12.8 Å². The number of aliphatic carboxylic acids is 1. The van der Waals surface area contributed by atoms with E-state index in [1.807, 2.05) is 6.26 Å². The molecule has 4 heteroatoms. The molecule has 0 amide bonds. The SMILES string of the molecule is CS[C@@H]1C[C@@H]2C[C@H]1[C@@](N)(C(=O)O)C2. The predicted octanol–water partition coefficient (Wildman–Crippen LogP) is 0.930. The van der Waals surface area contributed by atoms with Crippen molar-refractivity contribution in [2.75, 3.05) is 6.26 Å². The van der Waals surface area contributed by atoms with Crippen LogP contribution in [0.3, 0.4) is 0 Å². The van der Waals surface area contributed by atoms with Crippen molar-refractivity contribution in [3.63, 3.8) is 0 Å². The smallest absolute Gasteiger partial charge is 0.324 e. The molecule has 3 nitrogen and oxygen atoms in total. The number of hydrogen-bond donors (Lipinski definition) is 2. The molecule has 0 saturated heterocycles. The zero-order valence-corrected chi connectivity index (χ0v) is 8.51. The van der Waals surface area contributed by atoms with Gasteiger partial charge in [-0.25, -0.2) is 0 Å². The highest BCUT2D eigenvalue weighted by Crippen LogP contribution is 2.53. The van der Waals surface area contributed by atoms with Gasteiger partial charge >= 0.3 is 5.97 Å². The van der Waals surface area contributed by atoms with E-state index in [1.54, 1.807) is 11.8 Å². The minimum absolute atomic E-state index is 0.199. The number of rotatable bonds is 2. The Morgan fingerprint density at radius 3 is 2.77 bits per heavy atom. The molecule has 2 bridgehead atoms. The van der Waals surface area contributed by atoms with Crippen LogP contribution in [0.15, 0.2) is 0 Å². The zero-order valence-electron chi connectivity index (χ0n) is 7.69. The molecule has 0 spiro atoms. The third-order valence-electron chi connectivity index (χ3n) is 3.59. The number of carboxylic acid groups (broad SMARTS) is 1. The number of thioether (sulfide) groups is 1. The fraction of sp³-hybridized carbons (Fsp3) is 0.889. The van der Waals surface area contributed by atoms with Gasteiger partial charge < -0.3 is 10.8 Å². The van der Waals surface area contributed by atoms with Crippen molar-refractivity contribution in [3.8, 4) is 0 Å². The largest absolute Gasteiger partial charge is 0.480 e. The average molecular weight is 201 g/mol. The van der Waals surface area contributed by atoms with Gasteiger partial charge in [-0.1, -0.05) is 0 Å². The van der Waals surface area contributed by atoms with Crippen LogP contribution in [0.5, 0.6) is 0 Å². The molecule has 2 rings (SSSR count). The Morgan fingerprint density at radius 2 is 2.31 bits per heavy atom. The highest BCUT2D eigenvalue weighted by Gasteiger charge is 2.57. The maximum Gasteiger partial charge on any atom is 0.324 e. The van der Waals surface area contributed by atoms with E-state index in [2.05, 4.69) is 0 Å².